The first-order chi connectivity index (χ1) is 10.8. The Bertz CT molecular complexity index is 760. The zero-order valence-electron chi connectivity index (χ0n) is 11.7. The van der Waals surface area contributed by atoms with Gasteiger partial charge in [-0.2, -0.15) is 0 Å². The second-order valence-electron chi connectivity index (χ2n) is 4.61. The molecule has 0 aliphatic heterocycles. The van der Waals surface area contributed by atoms with E-state index in [-0.39, 0.29) is 5.82 Å². The van der Waals surface area contributed by atoms with Crippen LogP contribution >= 0.6 is 11.8 Å². The molecule has 0 bridgehead atoms. The first-order valence-corrected chi connectivity index (χ1v) is 7.71. The summed E-state index contributed by atoms with van der Waals surface area (Å²) in [5, 5.41) is 8.59. The second kappa shape index (κ2) is 6.57. The van der Waals surface area contributed by atoms with E-state index in [1.807, 2.05) is 12.1 Å². The first kappa shape index (κ1) is 14.5. The lowest BCUT2D eigenvalue weighted by atomic mass is 10.2. The molecule has 0 radical (unpaired) electrons. The third kappa shape index (κ3) is 3.09. The number of nitrogens with zero attached hydrogens (tertiary/aromatic N) is 4. The summed E-state index contributed by atoms with van der Waals surface area (Å²) in [6, 6.07) is 10.3. The number of benzene rings is 1. The molecular weight excluding hydrogens is 301 g/mol. The average Bonchev–Trinajstić information content (AvgIpc) is 2.90. The van der Waals surface area contributed by atoms with Crippen LogP contribution in [0.1, 0.15) is 5.56 Å². The number of aryl methyl sites for hydroxylation is 1. The van der Waals surface area contributed by atoms with Crippen molar-refractivity contribution in [3.63, 3.8) is 0 Å². The molecule has 5 nitrogen and oxygen atoms in total. The Balaban J connectivity index is 1.70. The minimum atomic E-state index is -0.366. The number of aromatic nitrogens is 4. The Morgan fingerprint density at radius 2 is 1.86 bits per heavy atom. The van der Waals surface area contributed by atoms with Gasteiger partial charge in [0.25, 0.3) is 0 Å². The van der Waals surface area contributed by atoms with Crippen molar-refractivity contribution in [2.75, 3.05) is 11.6 Å². The number of hydrogen-bond donors (Lipinski definition) is 1. The van der Waals surface area contributed by atoms with E-state index in [2.05, 4.69) is 15.2 Å². The van der Waals surface area contributed by atoms with Gasteiger partial charge in [-0.1, -0.05) is 23.9 Å². The third-order valence-electron chi connectivity index (χ3n) is 3.15. The molecule has 0 atom stereocenters. The van der Waals surface area contributed by atoms with Crippen LogP contribution < -0.4 is 5.84 Å². The number of halogens is 1. The van der Waals surface area contributed by atoms with Crippen LogP contribution in [0, 0.1) is 5.82 Å². The van der Waals surface area contributed by atoms with E-state index in [0.29, 0.717) is 16.5 Å². The fourth-order valence-electron chi connectivity index (χ4n) is 2.01. The number of nitrogens with two attached hydrogens (primary N) is 1. The van der Waals surface area contributed by atoms with Crippen LogP contribution in [-0.2, 0) is 6.42 Å². The molecule has 2 N–H and O–H groups in total. The van der Waals surface area contributed by atoms with Crippen LogP contribution in [0.4, 0.5) is 4.39 Å². The normalized spacial score (nSPS) is 10.8. The average molecular weight is 315 g/mol. The van der Waals surface area contributed by atoms with Crippen molar-refractivity contribution in [3.05, 3.63) is 60.2 Å². The van der Waals surface area contributed by atoms with Crippen molar-refractivity contribution >= 4 is 11.8 Å². The third-order valence-corrected chi connectivity index (χ3v) is 4.10. The van der Waals surface area contributed by atoms with E-state index >= 15 is 0 Å². The fourth-order valence-corrected chi connectivity index (χ4v) is 2.86. The van der Waals surface area contributed by atoms with Gasteiger partial charge in [0.05, 0.1) is 5.56 Å². The summed E-state index contributed by atoms with van der Waals surface area (Å²) >= 11 is 1.48. The highest BCUT2D eigenvalue weighted by Gasteiger charge is 2.14. The second-order valence-corrected chi connectivity index (χ2v) is 5.67. The van der Waals surface area contributed by atoms with Crippen LogP contribution in [0.2, 0.25) is 0 Å². The van der Waals surface area contributed by atoms with Crippen LogP contribution in [0.25, 0.3) is 11.4 Å². The predicted molar refractivity (Wildman–Crippen MR) is 84.2 cm³/mol. The van der Waals surface area contributed by atoms with Crippen LogP contribution in [-0.4, -0.2) is 25.6 Å². The molecule has 0 saturated heterocycles. The molecule has 112 valence electrons. The molecule has 7 heteroatoms. The lowest BCUT2D eigenvalue weighted by molar-refractivity contribution is 0.629. The van der Waals surface area contributed by atoms with E-state index in [9.17, 15) is 4.39 Å². The Morgan fingerprint density at radius 1 is 1.09 bits per heavy atom. The maximum atomic E-state index is 13.8. The quantitative estimate of drug-likeness (QED) is 0.579. The molecule has 1 aromatic carbocycles. The smallest absolute Gasteiger partial charge is 0.210 e. The van der Waals surface area contributed by atoms with E-state index in [0.717, 1.165) is 12.2 Å². The Labute approximate surface area is 131 Å². The van der Waals surface area contributed by atoms with Crippen molar-refractivity contribution in [1.82, 2.24) is 19.9 Å². The van der Waals surface area contributed by atoms with Gasteiger partial charge in [-0.15, -0.1) is 10.2 Å². The lowest BCUT2D eigenvalue weighted by Gasteiger charge is -2.04. The van der Waals surface area contributed by atoms with Crippen LogP contribution in [0.15, 0.2) is 53.9 Å². The molecule has 2 aromatic heterocycles. The molecule has 0 amide bonds. The van der Waals surface area contributed by atoms with Gasteiger partial charge in [0.2, 0.25) is 5.16 Å². The Hall–Kier alpha value is -2.41. The van der Waals surface area contributed by atoms with Gasteiger partial charge in [-0.25, -0.2) is 9.07 Å². The van der Waals surface area contributed by atoms with Crippen molar-refractivity contribution in [3.8, 4) is 11.4 Å². The van der Waals surface area contributed by atoms with Gasteiger partial charge in [0, 0.05) is 18.1 Å². The number of hydrogen-bond acceptors (Lipinski definition) is 5. The molecule has 0 aliphatic carbocycles. The minimum absolute atomic E-state index is 0.324. The summed E-state index contributed by atoms with van der Waals surface area (Å²) < 4.78 is 15.1. The van der Waals surface area contributed by atoms with Gasteiger partial charge in [-0.3, -0.25) is 4.98 Å². The standard InChI is InChI=1S/C15H14FN5S/c16-13-4-2-1-3-12(13)14-19-20-15(21(14)17)22-10-7-11-5-8-18-9-6-11/h1-6,8-9H,7,10,17H2. The fraction of sp³-hybridized carbons (Fsp3) is 0.133. The van der Waals surface area contributed by atoms with E-state index in [1.54, 1.807) is 30.6 Å². The summed E-state index contributed by atoms with van der Waals surface area (Å²) in [6.45, 7) is 0. The summed E-state index contributed by atoms with van der Waals surface area (Å²) in [6.07, 6.45) is 4.40. The summed E-state index contributed by atoms with van der Waals surface area (Å²) in [7, 11) is 0. The first-order valence-electron chi connectivity index (χ1n) is 6.73. The monoisotopic (exact) mass is 315 g/mol. The van der Waals surface area contributed by atoms with Crippen molar-refractivity contribution in [1.29, 1.82) is 0 Å². The van der Waals surface area contributed by atoms with E-state index in [1.165, 1.54) is 28.1 Å². The number of thioether (sulfide) groups is 1. The molecule has 0 fully saturated rings. The van der Waals surface area contributed by atoms with Crippen molar-refractivity contribution in [2.24, 2.45) is 0 Å². The highest BCUT2D eigenvalue weighted by atomic mass is 32.2. The molecule has 0 unspecified atom stereocenters. The number of pyridine rings is 1. The molecule has 2 heterocycles. The van der Waals surface area contributed by atoms with Gasteiger partial charge < -0.3 is 5.84 Å². The van der Waals surface area contributed by atoms with Gasteiger partial charge in [0.15, 0.2) is 5.82 Å². The number of rotatable bonds is 5. The maximum Gasteiger partial charge on any atom is 0.210 e. The summed E-state index contributed by atoms with van der Waals surface area (Å²) in [5.74, 6) is 6.74. The summed E-state index contributed by atoms with van der Waals surface area (Å²) in [5.41, 5.74) is 1.54. The molecular formula is C15H14FN5S. The Kier molecular flexibility index (Phi) is 4.34. The highest BCUT2D eigenvalue weighted by Crippen LogP contribution is 2.23. The van der Waals surface area contributed by atoms with Crippen LogP contribution in [0.5, 0.6) is 0 Å². The summed E-state index contributed by atoms with van der Waals surface area (Å²) in [4.78, 5) is 3.98. The van der Waals surface area contributed by atoms with E-state index < -0.39 is 0 Å². The van der Waals surface area contributed by atoms with Crippen LogP contribution in [0.3, 0.4) is 0 Å². The van der Waals surface area contributed by atoms with Crippen molar-refractivity contribution < 1.29 is 4.39 Å². The topological polar surface area (TPSA) is 69.6 Å². The lowest BCUT2D eigenvalue weighted by Crippen LogP contribution is -2.12. The molecule has 0 spiro atoms. The molecule has 3 aromatic rings. The largest absolute Gasteiger partial charge is 0.335 e. The minimum Gasteiger partial charge on any atom is -0.335 e. The molecule has 0 saturated carbocycles. The zero-order chi connectivity index (χ0) is 15.4. The van der Waals surface area contributed by atoms with E-state index in [4.69, 9.17) is 5.84 Å². The molecule has 22 heavy (non-hydrogen) atoms. The zero-order valence-corrected chi connectivity index (χ0v) is 12.5. The maximum absolute atomic E-state index is 13.8. The highest BCUT2D eigenvalue weighted by molar-refractivity contribution is 7.99. The van der Waals surface area contributed by atoms with Gasteiger partial charge >= 0.3 is 0 Å². The van der Waals surface area contributed by atoms with Gasteiger partial charge in [-0.05, 0) is 36.2 Å². The predicted octanol–water partition coefficient (Wildman–Crippen LogP) is 2.53. The van der Waals surface area contributed by atoms with Crippen molar-refractivity contribution in [2.45, 2.75) is 11.6 Å². The molecule has 0 aliphatic rings. The number of nitrogen functional groups attached to an aromatic ring is 1. The Morgan fingerprint density at radius 3 is 2.64 bits per heavy atom. The van der Waals surface area contributed by atoms with Gasteiger partial charge in [0.1, 0.15) is 5.82 Å². The SMILES string of the molecule is Nn1c(SCCc2ccncc2)nnc1-c1ccccc1F. The molecule has 3 rings (SSSR count).